The summed E-state index contributed by atoms with van der Waals surface area (Å²) in [5.74, 6) is -0.272. The first-order chi connectivity index (χ1) is 17.3. The van der Waals surface area contributed by atoms with E-state index in [4.69, 9.17) is 6.57 Å². The van der Waals surface area contributed by atoms with Crippen LogP contribution in [0.3, 0.4) is 0 Å². The van der Waals surface area contributed by atoms with Gasteiger partial charge in [-0.2, -0.15) is 0 Å². The lowest BCUT2D eigenvalue weighted by Gasteiger charge is -2.15. The predicted molar refractivity (Wildman–Crippen MR) is 141 cm³/mol. The number of benzene rings is 5. The van der Waals surface area contributed by atoms with Gasteiger partial charge in [-0.05, 0) is 36.4 Å². The quantitative estimate of drug-likeness (QED) is 0.234. The third kappa shape index (κ3) is 2.64. The first-order valence-electron chi connectivity index (χ1n) is 11.4. The van der Waals surface area contributed by atoms with Crippen LogP contribution >= 0.6 is 0 Å². The van der Waals surface area contributed by atoms with Gasteiger partial charge in [0.25, 0.3) is 0 Å². The summed E-state index contributed by atoms with van der Waals surface area (Å²) in [4.78, 5) is 3.78. The van der Waals surface area contributed by atoms with E-state index in [1.54, 1.807) is 6.07 Å². The Morgan fingerprint density at radius 1 is 0.543 bits per heavy atom. The first kappa shape index (κ1) is 19.6. The number of fused-ring (bicyclic) bond motifs is 6. The van der Waals surface area contributed by atoms with Crippen LogP contribution in [-0.4, -0.2) is 9.13 Å². The van der Waals surface area contributed by atoms with Crippen LogP contribution in [0.2, 0.25) is 0 Å². The Bertz CT molecular complexity index is 1930. The molecule has 0 aliphatic heterocycles. The van der Waals surface area contributed by atoms with E-state index in [1.807, 2.05) is 59.2 Å². The van der Waals surface area contributed by atoms with Gasteiger partial charge in [0.15, 0.2) is 0 Å². The van der Waals surface area contributed by atoms with Crippen molar-refractivity contribution in [2.45, 2.75) is 0 Å². The fraction of sp³-hybridized carbons (Fsp3) is 0. The van der Waals surface area contributed by atoms with Crippen molar-refractivity contribution < 1.29 is 4.39 Å². The molecule has 35 heavy (non-hydrogen) atoms. The molecular formula is C31H18FN3. The van der Waals surface area contributed by atoms with Crippen LogP contribution in [0.1, 0.15) is 0 Å². The van der Waals surface area contributed by atoms with Crippen molar-refractivity contribution in [2.24, 2.45) is 0 Å². The summed E-state index contributed by atoms with van der Waals surface area (Å²) in [6, 6.07) is 35.4. The minimum Gasteiger partial charge on any atom is -0.317 e. The largest absolute Gasteiger partial charge is 0.317 e. The monoisotopic (exact) mass is 451 g/mol. The van der Waals surface area contributed by atoms with Crippen LogP contribution in [0.15, 0.2) is 109 Å². The molecule has 0 aliphatic rings. The summed E-state index contributed by atoms with van der Waals surface area (Å²) in [6.07, 6.45) is 0. The zero-order chi connectivity index (χ0) is 23.5. The Hall–Kier alpha value is -4.88. The highest BCUT2D eigenvalue weighted by Crippen LogP contribution is 2.41. The SMILES string of the molecule is [C-]#[N+]c1ccccc1-n1c2cccc(F)c2c2cccc(-n3c4ccccc4c4ccccc43)c21. The zero-order valence-electron chi connectivity index (χ0n) is 18.6. The van der Waals surface area contributed by atoms with Gasteiger partial charge in [-0.1, -0.05) is 72.8 Å². The molecule has 0 atom stereocenters. The van der Waals surface area contributed by atoms with E-state index >= 15 is 4.39 Å². The van der Waals surface area contributed by atoms with Crippen molar-refractivity contribution in [1.82, 2.24) is 9.13 Å². The molecule has 2 heterocycles. The number of para-hydroxylation sites is 5. The van der Waals surface area contributed by atoms with E-state index in [9.17, 15) is 0 Å². The summed E-state index contributed by atoms with van der Waals surface area (Å²) in [5, 5.41) is 3.70. The lowest BCUT2D eigenvalue weighted by atomic mass is 10.1. The smallest absolute Gasteiger partial charge is 0.210 e. The second-order valence-electron chi connectivity index (χ2n) is 8.61. The van der Waals surface area contributed by atoms with Crippen molar-refractivity contribution in [3.63, 3.8) is 0 Å². The van der Waals surface area contributed by atoms with Crippen LogP contribution in [-0.2, 0) is 0 Å². The van der Waals surface area contributed by atoms with Crippen LogP contribution < -0.4 is 0 Å². The maximum Gasteiger partial charge on any atom is 0.210 e. The average molecular weight is 452 g/mol. The molecule has 0 unspecified atom stereocenters. The van der Waals surface area contributed by atoms with Gasteiger partial charge in [-0.3, -0.25) is 0 Å². The zero-order valence-corrected chi connectivity index (χ0v) is 18.6. The Morgan fingerprint density at radius 2 is 1.11 bits per heavy atom. The molecule has 7 rings (SSSR count). The van der Waals surface area contributed by atoms with Gasteiger partial charge in [0.05, 0.1) is 40.0 Å². The highest BCUT2D eigenvalue weighted by Gasteiger charge is 2.22. The topological polar surface area (TPSA) is 14.2 Å². The lowest BCUT2D eigenvalue weighted by Crippen LogP contribution is -2.00. The number of halogens is 1. The summed E-state index contributed by atoms with van der Waals surface area (Å²) in [5.41, 5.74) is 5.97. The first-order valence-corrected chi connectivity index (χ1v) is 11.4. The van der Waals surface area contributed by atoms with Crippen molar-refractivity contribution in [3.8, 4) is 11.4 Å². The van der Waals surface area contributed by atoms with Gasteiger partial charge < -0.3 is 9.13 Å². The molecule has 0 fully saturated rings. The number of hydrogen-bond acceptors (Lipinski definition) is 0. The van der Waals surface area contributed by atoms with Crippen LogP contribution in [0.25, 0.3) is 59.8 Å². The summed E-state index contributed by atoms with van der Waals surface area (Å²) < 4.78 is 19.6. The normalized spacial score (nSPS) is 11.5. The molecule has 0 saturated heterocycles. The Morgan fingerprint density at radius 3 is 1.86 bits per heavy atom. The minimum atomic E-state index is -0.272. The highest BCUT2D eigenvalue weighted by molar-refractivity contribution is 6.15. The standard InChI is InChI=1S/C31H18FN3/c1-33-24-14-4-7-17-27(24)35-28-18-9-13-23(32)30(28)22-12-8-19-29(31(22)35)34-25-15-5-2-10-20(25)21-11-3-6-16-26(21)34/h2-19H. The molecule has 164 valence electrons. The van der Waals surface area contributed by atoms with Crippen molar-refractivity contribution in [1.29, 1.82) is 0 Å². The van der Waals surface area contributed by atoms with E-state index in [-0.39, 0.29) is 5.82 Å². The van der Waals surface area contributed by atoms with Crippen LogP contribution in [0, 0.1) is 12.4 Å². The highest BCUT2D eigenvalue weighted by atomic mass is 19.1. The molecule has 4 heteroatoms. The molecule has 0 N–H and O–H groups in total. The molecule has 0 radical (unpaired) electrons. The second kappa shape index (κ2) is 7.31. The van der Waals surface area contributed by atoms with Crippen molar-refractivity contribution >= 4 is 49.3 Å². The lowest BCUT2D eigenvalue weighted by molar-refractivity contribution is 0.640. The maximum atomic E-state index is 15.3. The average Bonchev–Trinajstić information content (AvgIpc) is 3.42. The van der Waals surface area contributed by atoms with E-state index in [0.29, 0.717) is 11.1 Å². The third-order valence-corrected chi connectivity index (χ3v) is 6.80. The number of nitrogens with zero attached hydrogens (tertiary/aromatic N) is 3. The molecule has 0 spiro atoms. The van der Waals surface area contributed by atoms with Gasteiger partial charge in [0.2, 0.25) is 5.69 Å². The van der Waals surface area contributed by atoms with E-state index in [1.165, 1.54) is 6.07 Å². The van der Waals surface area contributed by atoms with Gasteiger partial charge in [-0.25, -0.2) is 9.24 Å². The van der Waals surface area contributed by atoms with Crippen molar-refractivity contribution in [2.75, 3.05) is 0 Å². The summed E-state index contributed by atoms with van der Waals surface area (Å²) in [7, 11) is 0. The molecule has 0 saturated carbocycles. The second-order valence-corrected chi connectivity index (χ2v) is 8.61. The molecule has 2 aromatic heterocycles. The fourth-order valence-electron chi connectivity index (χ4n) is 5.41. The third-order valence-electron chi connectivity index (χ3n) is 6.80. The van der Waals surface area contributed by atoms with Crippen molar-refractivity contribution in [3.05, 3.63) is 126 Å². The molecule has 0 bridgehead atoms. The Kier molecular flexibility index (Phi) is 4.09. The van der Waals surface area contributed by atoms with E-state index < -0.39 is 0 Å². The minimum absolute atomic E-state index is 0.272. The van der Waals surface area contributed by atoms with Gasteiger partial charge >= 0.3 is 0 Å². The van der Waals surface area contributed by atoms with E-state index in [2.05, 4.69) is 51.9 Å². The summed E-state index contributed by atoms with van der Waals surface area (Å²) >= 11 is 0. The molecule has 3 nitrogen and oxygen atoms in total. The number of hydrogen-bond donors (Lipinski definition) is 0. The van der Waals surface area contributed by atoms with Gasteiger partial charge in [-0.15, -0.1) is 0 Å². The number of aromatic nitrogens is 2. The number of rotatable bonds is 2. The molecule has 0 amide bonds. The molecule has 5 aromatic carbocycles. The Labute approximate surface area is 200 Å². The predicted octanol–water partition coefficient (Wildman–Crippen LogP) is 8.57. The van der Waals surface area contributed by atoms with E-state index in [0.717, 1.165) is 49.6 Å². The van der Waals surface area contributed by atoms with Crippen LogP contribution in [0.4, 0.5) is 10.1 Å². The molecular weight excluding hydrogens is 433 g/mol. The molecule has 7 aromatic rings. The molecule has 0 aliphatic carbocycles. The van der Waals surface area contributed by atoms with Gasteiger partial charge in [0.1, 0.15) is 5.82 Å². The van der Waals surface area contributed by atoms with Gasteiger partial charge in [0, 0.05) is 21.5 Å². The maximum absolute atomic E-state index is 15.3. The fourth-order valence-corrected chi connectivity index (χ4v) is 5.41. The van der Waals surface area contributed by atoms with Crippen LogP contribution in [0.5, 0.6) is 0 Å². The summed E-state index contributed by atoms with van der Waals surface area (Å²) in [6.45, 7) is 7.79. The Balaban J connectivity index is 1.75.